The first-order chi connectivity index (χ1) is 22.3. The first kappa shape index (κ1) is 34.2. The SMILES string of the molecule is CC(C)(C)[S@@](=O)NC(CCC1CC1)(c1cccc(C#N)c1)c1ccc(F)c(NC(=O)C2CC(=O)CN2C(=O)Nc2ccc(Cl)cc2)c1. The van der Waals surface area contributed by atoms with E-state index in [2.05, 4.69) is 21.4 Å². The van der Waals surface area contributed by atoms with Crippen LogP contribution in [0.3, 0.4) is 0 Å². The number of likely N-dealkylation sites (tertiary alicyclic amines) is 1. The number of rotatable bonds is 10. The molecular formula is C35H37ClFN5O4S. The van der Waals surface area contributed by atoms with Crippen molar-refractivity contribution in [3.63, 3.8) is 0 Å². The molecule has 1 saturated heterocycles. The molecule has 1 saturated carbocycles. The van der Waals surface area contributed by atoms with Gasteiger partial charge in [-0.25, -0.2) is 18.1 Å². The van der Waals surface area contributed by atoms with Crippen molar-refractivity contribution in [3.8, 4) is 6.07 Å². The van der Waals surface area contributed by atoms with E-state index in [0.717, 1.165) is 24.2 Å². The molecule has 1 aliphatic carbocycles. The van der Waals surface area contributed by atoms with Gasteiger partial charge < -0.3 is 15.5 Å². The van der Waals surface area contributed by atoms with Crippen molar-refractivity contribution in [3.05, 3.63) is 94.3 Å². The second kappa shape index (κ2) is 13.9. The van der Waals surface area contributed by atoms with E-state index in [-0.39, 0.29) is 24.4 Å². The number of carbonyl (C=O) groups is 3. The Hall–Kier alpha value is -4.11. The van der Waals surface area contributed by atoms with Gasteiger partial charge in [-0.05, 0) is 99.2 Å². The Morgan fingerprint density at radius 1 is 1.04 bits per heavy atom. The Bertz CT molecular complexity index is 1750. The Balaban J connectivity index is 1.49. The molecular weight excluding hydrogens is 641 g/mol. The second-order valence-corrected chi connectivity index (χ2v) is 15.5. The van der Waals surface area contributed by atoms with E-state index >= 15 is 4.39 Å². The van der Waals surface area contributed by atoms with Gasteiger partial charge in [-0.2, -0.15) is 5.26 Å². The highest BCUT2D eigenvalue weighted by Crippen LogP contribution is 2.43. The van der Waals surface area contributed by atoms with Crippen LogP contribution in [0.15, 0.2) is 66.7 Å². The van der Waals surface area contributed by atoms with Crippen molar-refractivity contribution < 1.29 is 23.0 Å². The molecule has 246 valence electrons. The third-order valence-corrected chi connectivity index (χ3v) is 10.4. The van der Waals surface area contributed by atoms with Crippen LogP contribution in [0.1, 0.15) is 69.6 Å². The lowest BCUT2D eigenvalue weighted by Gasteiger charge is -2.38. The molecule has 0 bridgehead atoms. The minimum absolute atomic E-state index is 0.152. The van der Waals surface area contributed by atoms with Crippen molar-refractivity contribution in [2.75, 3.05) is 17.2 Å². The van der Waals surface area contributed by atoms with Crippen molar-refractivity contribution in [2.45, 2.75) is 69.2 Å². The number of urea groups is 1. The summed E-state index contributed by atoms with van der Waals surface area (Å²) in [5.41, 5.74) is 0.821. The summed E-state index contributed by atoms with van der Waals surface area (Å²) < 4.78 is 31.9. The molecule has 3 amide bonds. The standard InChI is InChI=1S/C35H37ClFN5O4S/c1-34(2,3)47(46)41-35(16-15-22-7-8-22,24-6-4-5-23(17-24)20-38)25-9-14-29(37)30(18-25)40-32(44)31-19-28(43)21-42(31)33(45)39-27-12-10-26(36)11-13-27/h4-6,9-14,17-18,22,31,41H,7-8,15-16,19,21H2,1-3H3,(H,39,45)(H,40,44)/t31?,35?,47-/m1/s1. The first-order valence-electron chi connectivity index (χ1n) is 15.4. The van der Waals surface area contributed by atoms with E-state index in [4.69, 9.17) is 11.6 Å². The number of nitrogens with zero attached hydrogens (tertiary/aromatic N) is 2. The van der Waals surface area contributed by atoms with Crippen LogP contribution in [0, 0.1) is 23.1 Å². The molecule has 3 N–H and O–H groups in total. The molecule has 9 nitrogen and oxygen atoms in total. The summed E-state index contributed by atoms with van der Waals surface area (Å²) in [6.45, 7) is 5.27. The predicted octanol–water partition coefficient (Wildman–Crippen LogP) is 6.65. The summed E-state index contributed by atoms with van der Waals surface area (Å²) >= 11 is 5.93. The van der Waals surface area contributed by atoms with Crippen molar-refractivity contribution in [2.24, 2.45) is 5.92 Å². The van der Waals surface area contributed by atoms with Crippen LogP contribution in [0.2, 0.25) is 5.02 Å². The number of Topliss-reactive ketones (excluding diaryl/α,β-unsaturated/α-hetero) is 1. The molecule has 3 aromatic carbocycles. The average Bonchev–Trinajstić information content (AvgIpc) is 3.79. The fourth-order valence-corrected chi connectivity index (χ4v) is 6.67. The van der Waals surface area contributed by atoms with Crippen molar-refractivity contribution >= 4 is 51.7 Å². The fourth-order valence-electron chi connectivity index (χ4n) is 5.59. The quantitative estimate of drug-likeness (QED) is 0.221. The Morgan fingerprint density at radius 3 is 2.40 bits per heavy atom. The number of anilines is 2. The summed E-state index contributed by atoms with van der Waals surface area (Å²) in [6.07, 6.45) is 3.25. The Labute approximate surface area is 281 Å². The highest BCUT2D eigenvalue weighted by molar-refractivity contribution is 7.84. The predicted molar refractivity (Wildman–Crippen MR) is 181 cm³/mol. The fraction of sp³-hybridized carbons (Fsp3) is 0.371. The van der Waals surface area contributed by atoms with E-state index in [9.17, 15) is 23.9 Å². The molecule has 0 spiro atoms. The van der Waals surface area contributed by atoms with Gasteiger partial charge in [-0.15, -0.1) is 0 Å². The number of benzene rings is 3. The first-order valence-corrected chi connectivity index (χ1v) is 17.0. The summed E-state index contributed by atoms with van der Waals surface area (Å²) in [5.74, 6) is -1.25. The van der Waals surface area contributed by atoms with Gasteiger partial charge in [-0.3, -0.25) is 9.59 Å². The Kier molecular flexibility index (Phi) is 10.2. The van der Waals surface area contributed by atoms with Gasteiger partial charge in [0.2, 0.25) is 5.91 Å². The zero-order valence-corrected chi connectivity index (χ0v) is 28.0. The number of amides is 3. The molecule has 5 rings (SSSR count). The van der Waals surface area contributed by atoms with Crippen LogP contribution in [0.5, 0.6) is 0 Å². The molecule has 1 heterocycles. The zero-order valence-electron chi connectivity index (χ0n) is 26.4. The maximum Gasteiger partial charge on any atom is 0.322 e. The zero-order chi connectivity index (χ0) is 33.9. The van der Waals surface area contributed by atoms with Gasteiger partial charge in [0.05, 0.1) is 45.1 Å². The third kappa shape index (κ3) is 8.07. The third-order valence-electron chi connectivity index (χ3n) is 8.45. The van der Waals surface area contributed by atoms with Crippen molar-refractivity contribution in [1.29, 1.82) is 5.26 Å². The van der Waals surface area contributed by atoms with Gasteiger partial charge in [-0.1, -0.05) is 42.6 Å². The topological polar surface area (TPSA) is 131 Å². The molecule has 2 unspecified atom stereocenters. The molecule has 0 radical (unpaired) electrons. The van der Waals surface area contributed by atoms with E-state index in [1.807, 2.05) is 26.8 Å². The van der Waals surface area contributed by atoms with E-state index in [1.165, 1.54) is 12.1 Å². The maximum absolute atomic E-state index is 15.4. The molecule has 2 fully saturated rings. The number of hydrogen-bond acceptors (Lipinski definition) is 5. The van der Waals surface area contributed by atoms with Crippen LogP contribution in [-0.2, 0) is 26.1 Å². The molecule has 1 aliphatic heterocycles. The molecule has 3 aromatic rings. The van der Waals surface area contributed by atoms with E-state index in [1.54, 1.807) is 48.5 Å². The highest BCUT2D eigenvalue weighted by atomic mass is 35.5. The summed E-state index contributed by atoms with van der Waals surface area (Å²) in [6, 6.07) is 18.1. The number of hydrogen-bond donors (Lipinski definition) is 3. The average molecular weight is 678 g/mol. The van der Waals surface area contributed by atoms with Crippen molar-refractivity contribution in [1.82, 2.24) is 9.62 Å². The molecule has 3 atom stereocenters. The Morgan fingerprint density at radius 2 is 1.74 bits per heavy atom. The largest absolute Gasteiger partial charge is 0.322 e. The summed E-state index contributed by atoms with van der Waals surface area (Å²) in [7, 11) is -1.58. The van der Waals surface area contributed by atoms with Crippen LogP contribution < -0.4 is 15.4 Å². The lowest BCUT2D eigenvalue weighted by molar-refractivity contribution is -0.121. The monoisotopic (exact) mass is 677 g/mol. The summed E-state index contributed by atoms with van der Waals surface area (Å²) in [4.78, 5) is 40.3. The lowest BCUT2D eigenvalue weighted by Crippen LogP contribution is -2.49. The van der Waals surface area contributed by atoms with E-state index < -0.39 is 45.1 Å². The smallest absolute Gasteiger partial charge is 0.322 e. The number of carbonyl (C=O) groups excluding carboxylic acids is 3. The minimum atomic E-state index is -1.58. The molecule has 2 aliphatic rings. The van der Waals surface area contributed by atoms with Crippen LogP contribution >= 0.6 is 11.6 Å². The molecule has 47 heavy (non-hydrogen) atoms. The van der Waals surface area contributed by atoms with Gasteiger partial charge in [0, 0.05) is 17.1 Å². The van der Waals surface area contributed by atoms with Gasteiger partial charge in [0.25, 0.3) is 0 Å². The van der Waals surface area contributed by atoms with Gasteiger partial charge in [0.1, 0.15) is 11.9 Å². The summed E-state index contributed by atoms with van der Waals surface area (Å²) in [5, 5.41) is 15.5. The number of nitrogens with one attached hydrogen (secondary N) is 3. The molecule has 0 aromatic heterocycles. The van der Waals surface area contributed by atoms with Crippen LogP contribution in [0.4, 0.5) is 20.6 Å². The number of halogens is 2. The molecule has 12 heteroatoms. The van der Waals surface area contributed by atoms with Gasteiger partial charge >= 0.3 is 6.03 Å². The minimum Gasteiger partial charge on any atom is -0.322 e. The van der Waals surface area contributed by atoms with E-state index in [0.29, 0.717) is 39.7 Å². The van der Waals surface area contributed by atoms with Crippen LogP contribution in [-0.4, -0.2) is 44.2 Å². The van der Waals surface area contributed by atoms with Crippen LogP contribution in [0.25, 0.3) is 0 Å². The lowest BCUT2D eigenvalue weighted by atomic mass is 9.79. The van der Waals surface area contributed by atoms with Gasteiger partial charge in [0.15, 0.2) is 5.78 Å². The second-order valence-electron chi connectivity index (χ2n) is 13.1. The highest BCUT2D eigenvalue weighted by Gasteiger charge is 2.42. The number of ketones is 1. The maximum atomic E-state index is 15.4. The number of nitriles is 1. The normalized spacial score (nSPS) is 18.3.